The molecule has 1 heterocycles. The Kier molecular flexibility index (Phi) is 4.26. The van der Waals surface area contributed by atoms with Crippen molar-refractivity contribution in [3.05, 3.63) is 0 Å². The van der Waals surface area contributed by atoms with Crippen molar-refractivity contribution in [2.75, 3.05) is 13.1 Å². The fourth-order valence-corrected chi connectivity index (χ4v) is 1.85. The number of nitrogens with zero attached hydrogens (tertiary/aromatic N) is 1. The maximum atomic E-state index is 11.6. The predicted molar refractivity (Wildman–Crippen MR) is 54.5 cm³/mol. The van der Waals surface area contributed by atoms with Gasteiger partial charge in [0.05, 0.1) is 0 Å². The largest absolute Gasteiger partial charge is 0.342 e. The van der Waals surface area contributed by atoms with E-state index in [1.807, 2.05) is 4.90 Å². The van der Waals surface area contributed by atoms with Crippen LogP contribution in [0.3, 0.4) is 0 Å². The number of amides is 1. The molecule has 76 valence electrons. The van der Waals surface area contributed by atoms with Crippen molar-refractivity contribution in [3.8, 4) is 0 Å². The van der Waals surface area contributed by atoms with Crippen molar-refractivity contribution in [1.29, 1.82) is 0 Å². The van der Waals surface area contributed by atoms with Crippen molar-refractivity contribution in [2.24, 2.45) is 5.92 Å². The molecule has 0 aromatic rings. The van der Waals surface area contributed by atoms with E-state index in [1.165, 1.54) is 19.3 Å². The zero-order chi connectivity index (χ0) is 9.68. The van der Waals surface area contributed by atoms with Gasteiger partial charge in [-0.25, -0.2) is 0 Å². The molecule has 1 aliphatic heterocycles. The van der Waals surface area contributed by atoms with Gasteiger partial charge in [-0.05, 0) is 18.8 Å². The van der Waals surface area contributed by atoms with Crippen LogP contribution in [0.5, 0.6) is 0 Å². The summed E-state index contributed by atoms with van der Waals surface area (Å²) in [4.78, 5) is 13.6. The Morgan fingerprint density at radius 1 is 1.46 bits per heavy atom. The monoisotopic (exact) mass is 183 g/mol. The highest BCUT2D eigenvalue weighted by molar-refractivity contribution is 5.76. The van der Waals surface area contributed by atoms with Gasteiger partial charge in [-0.1, -0.05) is 26.7 Å². The quantitative estimate of drug-likeness (QED) is 0.613. The summed E-state index contributed by atoms with van der Waals surface area (Å²) in [6, 6.07) is 0. The highest BCUT2D eigenvalue weighted by atomic mass is 16.2. The van der Waals surface area contributed by atoms with Crippen molar-refractivity contribution in [3.63, 3.8) is 0 Å². The lowest BCUT2D eigenvalue weighted by molar-refractivity contribution is -0.130. The molecular formula is C11H21NO. The Balaban J connectivity index is 2.16. The summed E-state index contributed by atoms with van der Waals surface area (Å²) in [5.74, 6) is 1.09. The second-order valence-electron chi connectivity index (χ2n) is 4.19. The van der Waals surface area contributed by atoms with E-state index in [2.05, 4.69) is 13.8 Å². The molecule has 2 heteroatoms. The van der Waals surface area contributed by atoms with Crippen molar-refractivity contribution in [2.45, 2.75) is 46.0 Å². The normalized spacial score (nSPS) is 22.3. The molecule has 0 spiro atoms. The molecule has 1 atom stereocenters. The van der Waals surface area contributed by atoms with Crippen molar-refractivity contribution in [1.82, 2.24) is 4.90 Å². The molecule has 2 nitrogen and oxygen atoms in total. The molecule has 0 aromatic heterocycles. The SMILES string of the molecule is CCCCCC(=O)N1CC[C@H](C)C1. The van der Waals surface area contributed by atoms with E-state index in [-0.39, 0.29) is 0 Å². The number of likely N-dealkylation sites (tertiary alicyclic amines) is 1. The van der Waals surface area contributed by atoms with Gasteiger partial charge in [0.15, 0.2) is 0 Å². The lowest BCUT2D eigenvalue weighted by Crippen LogP contribution is -2.28. The number of carbonyl (C=O) groups excluding carboxylic acids is 1. The summed E-state index contributed by atoms with van der Waals surface area (Å²) in [6.07, 6.45) is 5.42. The molecule has 0 aliphatic carbocycles. The topological polar surface area (TPSA) is 20.3 Å². The molecule has 0 aromatic carbocycles. The third kappa shape index (κ3) is 3.37. The van der Waals surface area contributed by atoms with Crippen LogP contribution in [0.1, 0.15) is 46.0 Å². The van der Waals surface area contributed by atoms with Crippen LogP contribution in [0.15, 0.2) is 0 Å². The number of hydrogen-bond donors (Lipinski definition) is 0. The molecular weight excluding hydrogens is 162 g/mol. The first-order valence-electron chi connectivity index (χ1n) is 5.51. The molecule has 1 aliphatic rings. The highest BCUT2D eigenvalue weighted by Crippen LogP contribution is 2.16. The van der Waals surface area contributed by atoms with Crippen LogP contribution in [0.4, 0.5) is 0 Å². The minimum absolute atomic E-state index is 0.373. The van der Waals surface area contributed by atoms with E-state index in [9.17, 15) is 4.79 Å². The average Bonchev–Trinajstić information content (AvgIpc) is 2.52. The fourth-order valence-electron chi connectivity index (χ4n) is 1.85. The van der Waals surface area contributed by atoms with Crippen LogP contribution >= 0.6 is 0 Å². The summed E-state index contributed by atoms with van der Waals surface area (Å²) in [7, 11) is 0. The maximum absolute atomic E-state index is 11.6. The molecule has 0 radical (unpaired) electrons. The third-order valence-corrected chi connectivity index (χ3v) is 2.77. The van der Waals surface area contributed by atoms with Gasteiger partial charge in [0.2, 0.25) is 5.91 Å². The summed E-state index contributed by atoms with van der Waals surface area (Å²) in [6.45, 7) is 6.37. The lowest BCUT2D eigenvalue weighted by atomic mass is 10.2. The number of hydrogen-bond acceptors (Lipinski definition) is 1. The second-order valence-corrected chi connectivity index (χ2v) is 4.19. The Hall–Kier alpha value is -0.530. The zero-order valence-corrected chi connectivity index (χ0v) is 8.88. The summed E-state index contributed by atoms with van der Waals surface area (Å²) >= 11 is 0. The van der Waals surface area contributed by atoms with Crippen molar-refractivity contribution < 1.29 is 4.79 Å². The highest BCUT2D eigenvalue weighted by Gasteiger charge is 2.22. The van der Waals surface area contributed by atoms with Crippen molar-refractivity contribution >= 4 is 5.91 Å². The third-order valence-electron chi connectivity index (χ3n) is 2.77. The molecule has 0 unspecified atom stereocenters. The number of rotatable bonds is 4. The summed E-state index contributed by atoms with van der Waals surface area (Å²) < 4.78 is 0. The lowest BCUT2D eigenvalue weighted by Gasteiger charge is -2.15. The molecule has 13 heavy (non-hydrogen) atoms. The van der Waals surface area contributed by atoms with E-state index >= 15 is 0 Å². The van der Waals surface area contributed by atoms with Crippen LogP contribution in [0.2, 0.25) is 0 Å². The van der Waals surface area contributed by atoms with Gasteiger partial charge in [-0.2, -0.15) is 0 Å². The second kappa shape index (κ2) is 5.25. The van der Waals surface area contributed by atoms with E-state index < -0.39 is 0 Å². The molecule has 1 rings (SSSR count). The first-order valence-corrected chi connectivity index (χ1v) is 5.51. The minimum atomic E-state index is 0.373. The molecule has 0 N–H and O–H groups in total. The fraction of sp³-hybridized carbons (Fsp3) is 0.909. The number of carbonyl (C=O) groups is 1. The van der Waals surface area contributed by atoms with E-state index in [4.69, 9.17) is 0 Å². The average molecular weight is 183 g/mol. The Bertz CT molecular complexity index is 167. The first kappa shape index (κ1) is 10.6. The van der Waals surface area contributed by atoms with Gasteiger partial charge in [-0.3, -0.25) is 4.79 Å². The van der Waals surface area contributed by atoms with Gasteiger partial charge >= 0.3 is 0 Å². The van der Waals surface area contributed by atoms with Gasteiger partial charge < -0.3 is 4.90 Å². The molecule has 1 fully saturated rings. The smallest absolute Gasteiger partial charge is 0.222 e. The molecule has 1 saturated heterocycles. The van der Waals surface area contributed by atoms with Crippen LogP contribution in [-0.2, 0) is 4.79 Å². The van der Waals surface area contributed by atoms with Crippen LogP contribution in [-0.4, -0.2) is 23.9 Å². The van der Waals surface area contributed by atoms with Gasteiger partial charge in [0.25, 0.3) is 0 Å². The summed E-state index contributed by atoms with van der Waals surface area (Å²) in [5.41, 5.74) is 0. The standard InChI is InChI=1S/C11H21NO/c1-3-4-5-6-11(13)12-8-7-10(2)9-12/h10H,3-9H2,1-2H3/t10-/m0/s1. The van der Waals surface area contributed by atoms with Crippen LogP contribution in [0, 0.1) is 5.92 Å². The predicted octanol–water partition coefficient (Wildman–Crippen LogP) is 2.44. The zero-order valence-electron chi connectivity index (χ0n) is 8.88. The Morgan fingerprint density at radius 2 is 2.23 bits per heavy atom. The van der Waals surface area contributed by atoms with E-state index in [0.29, 0.717) is 5.91 Å². The molecule has 0 bridgehead atoms. The van der Waals surface area contributed by atoms with E-state index in [1.54, 1.807) is 0 Å². The summed E-state index contributed by atoms with van der Waals surface area (Å²) in [5, 5.41) is 0. The van der Waals surface area contributed by atoms with Crippen LogP contribution in [0.25, 0.3) is 0 Å². The van der Waals surface area contributed by atoms with E-state index in [0.717, 1.165) is 31.8 Å². The van der Waals surface area contributed by atoms with Crippen LogP contribution < -0.4 is 0 Å². The molecule has 1 amide bonds. The maximum Gasteiger partial charge on any atom is 0.222 e. The molecule has 0 saturated carbocycles. The van der Waals surface area contributed by atoms with Gasteiger partial charge in [0, 0.05) is 19.5 Å². The Morgan fingerprint density at radius 3 is 2.77 bits per heavy atom. The first-order chi connectivity index (χ1) is 6.24. The van der Waals surface area contributed by atoms with Gasteiger partial charge in [-0.15, -0.1) is 0 Å². The van der Waals surface area contributed by atoms with Gasteiger partial charge in [0.1, 0.15) is 0 Å². The Labute approximate surface area is 81.3 Å². The minimum Gasteiger partial charge on any atom is -0.342 e. The number of unbranched alkanes of at least 4 members (excludes halogenated alkanes) is 2.